The van der Waals surface area contributed by atoms with Crippen LogP contribution in [0.5, 0.6) is 5.75 Å². The average Bonchev–Trinajstić information content (AvgIpc) is 2.91. The first kappa shape index (κ1) is 16.1. The maximum absolute atomic E-state index is 12.4. The normalized spacial score (nSPS) is 10.5. The minimum absolute atomic E-state index is 0.124. The fourth-order valence-corrected chi connectivity index (χ4v) is 4.06. The van der Waals surface area contributed by atoms with Crippen LogP contribution in [-0.4, -0.2) is 17.2 Å². The first-order valence-electron chi connectivity index (χ1n) is 6.79. The number of hydrogen-bond donors (Lipinski definition) is 2. The van der Waals surface area contributed by atoms with Crippen LogP contribution in [0.2, 0.25) is 0 Å². The third-order valence-electron chi connectivity index (χ3n) is 3.31. The number of rotatable bonds is 3. The van der Waals surface area contributed by atoms with Crippen LogP contribution in [0.3, 0.4) is 0 Å². The molecule has 6 nitrogen and oxygen atoms in total. The van der Waals surface area contributed by atoms with Crippen molar-refractivity contribution < 1.29 is 9.53 Å². The van der Waals surface area contributed by atoms with Crippen molar-refractivity contribution in [3.05, 3.63) is 40.8 Å². The molecule has 0 spiro atoms. The molecule has 0 atom stereocenters. The minimum Gasteiger partial charge on any atom is -0.422 e. The van der Waals surface area contributed by atoms with E-state index in [4.69, 9.17) is 16.2 Å². The van der Waals surface area contributed by atoms with Crippen molar-refractivity contribution >= 4 is 50.8 Å². The highest BCUT2D eigenvalue weighted by Gasteiger charge is 2.24. The van der Waals surface area contributed by atoms with Crippen LogP contribution in [0.1, 0.15) is 15.2 Å². The molecular formula is C16H12N4O2S2. The van der Waals surface area contributed by atoms with Crippen molar-refractivity contribution in [2.75, 3.05) is 17.7 Å². The van der Waals surface area contributed by atoms with Gasteiger partial charge in [-0.25, -0.2) is 9.78 Å². The lowest BCUT2D eigenvalue weighted by molar-refractivity contribution is 0.0741. The van der Waals surface area contributed by atoms with Gasteiger partial charge in [-0.2, -0.15) is 5.26 Å². The summed E-state index contributed by atoms with van der Waals surface area (Å²) in [7, 11) is 0. The summed E-state index contributed by atoms with van der Waals surface area (Å²) >= 11 is 2.44. The number of carbonyl (C=O) groups is 1. The molecule has 0 saturated heterocycles. The molecule has 0 aliphatic heterocycles. The molecule has 8 heteroatoms. The number of anilines is 2. The Morgan fingerprint density at radius 2 is 2.04 bits per heavy atom. The van der Waals surface area contributed by atoms with Gasteiger partial charge < -0.3 is 16.2 Å². The summed E-state index contributed by atoms with van der Waals surface area (Å²) in [5.41, 5.74) is 12.5. The second-order valence-electron chi connectivity index (χ2n) is 4.74. The van der Waals surface area contributed by atoms with Gasteiger partial charge in [0.2, 0.25) is 0 Å². The molecule has 4 N–H and O–H groups in total. The lowest BCUT2D eigenvalue weighted by Gasteiger charge is -2.06. The second-order valence-corrected chi connectivity index (χ2v) is 6.56. The van der Waals surface area contributed by atoms with E-state index < -0.39 is 5.97 Å². The molecule has 0 aliphatic carbocycles. The quantitative estimate of drug-likeness (QED) is 0.420. The highest BCUT2D eigenvalue weighted by Crippen LogP contribution is 2.41. The van der Waals surface area contributed by atoms with Gasteiger partial charge in [0.25, 0.3) is 0 Å². The summed E-state index contributed by atoms with van der Waals surface area (Å²) < 4.78 is 5.33. The predicted molar refractivity (Wildman–Crippen MR) is 96.3 cm³/mol. The molecule has 0 bridgehead atoms. The number of aromatic nitrogens is 1. The zero-order valence-electron chi connectivity index (χ0n) is 12.6. The van der Waals surface area contributed by atoms with Crippen molar-refractivity contribution in [1.82, 2.24) is 4.98 Å². The zero-order valence-corrected chi connectivity index (χ0v) is 14.2. The van der Waals surface area contributed by atoms with E-state index in [9.17, 15) is 10.1 Å². The SMILES string of the molecule is CSc1c(C#N)c(N)nc2sc(C(=O)Oc3ccccc3)c(N)c12. The minimum atomic E-state index is -0.564. The van der Waals surface area contributed by atoms with Crippen molar-refractivity contribution in [1.29, 1.82) is 5.26 Å². The van der Waals surface area contributed by atoms with Crippen LogP contribution in [0.4, 0.5) is 11.5 Å². The van der Waals surface area contributed by atoms with E-state index in [1.54, 1.807) is 24.3 Å². The highest BCUT2D eigenvalue weighted by molar-refractivity contribution is 7.99. The fraction of sp³-hybridized carbons (Fsp3) is 0.0625. The smallest absolute Gasteiger partial charge is 0.355 e. The first-order valence-corrected chi connectivity index (χ1v) is 8.83. The van der Waals surface area contributed by atoms with Gasteiger partial charge in [0.15, 0.2) is 0 Å². The molecule has 3 aromatic rings. The van der Waals surface area contributed by atoms with Gasteiger partial charge in [0.1, 0.15) is 32.9 Å². The van der Waals surface area contributed by atoms with Crippen LogP contribution in [0.15, 0.2) is 35.2 Å². The highest BCUT2D eigenvalue weighted by atomic mass is 32.2. The third kappa shape index (κ3) is 2.64. The van der Waals surface area contributed by atoms with Crippen LogP contribution in [-0.2, 0) is 0 Å². The number of ether oxygens (including phenoxy) is 1. The summed E-state index contributed by atoms with van der Waals surface area (Å²) in [6, 6.07) is 10.8. The molecule has 0 fully saturated rings. The monoisotopic (exact) mass is 356 g/mol. The molecule has 24 heavy (non-hydrogen) atoms. The van der Waals surface area contributed by atoms with Gasteiger partial charge in [0, 0.05) is 4.90 Å². The summed E-state index contributed by atoms with van der Waals surface area (Å²) in [5.74, 6) is -0.0148. The van der Waals surface area contributed by atoms with E-state index in [2.05, 4.69) is 4.98 Å². The molecule has 3 rings (SSSR count). The van der Waals surface area contributed by atoms with Gasteiger partial charge in [-0.15, -0.1) is 23.1 Å². The Kier molecular flexibility index (Phi) is 4.29. The number of pyridine rings is 1. The van der Waals surface area contributed by atoms with E-state index in [0.717, 1.165) is 11.3 Å². The molecule has 0 amide bonds. The zero-order chi connectivity index (χ0) is 17.3. The molecule has 1 aromatic carbocycles. The van der Waals surface area contributed by atoms with Crippen LogP contribution in [0.25, 0.3) is 10.2 Å². The van der Waals surface area contributed by atoms with Crippen molar-refractivity contribution in [3.63, 3.8) is 0 Å². The van der Waals surface area contributed by atoms with Crippen molar-refractivity contribution in [2.45, 2.75) is 4.90 Å². The number of nitrogens with zero attached hydrogens (tertiary/aromatic N) is 2. The number of nitriles is 1. The van der Waals surface area contributed by atoms with E-state index in [1.807, 2.05) is 18.4 Å². The number of esters is 1. The number of nitrogen functional groups attached to an aromatic ring is 2. The number of thiophene rings is 1. The molecule has 0 aliphatic rings. The van der Waals surface area contributed by atoms with Crippen LogP contribution >= 0.6 is 23.1 Å². The standard InChI is InChI=1S/C16H12N4O2S2/c1-23-12-9(7-17)14(19)20-15-10(12)11(18)13(24-15)16(21)22-8-5-3-2-4-6-8/h2-6H,18H2,1H3,(H2,19,20). The molecule has 2 aromatic heterocycles. The Hall–Kier alpha value is -2.76. The summed E-state index contributed by atoms with van der Waals surface area (Å²) in [6.07, 6.45) is 1.81. The van der Waals surface area contributed by atoms with Gasteiger partial charge in [-0.1, -0.05) is 18.2 Å². The van der Waals surface area contributed by atoms with E-state index in [1.165, 1.54) is 11.8 Å². The number of carbonyl (C=O) groups excluding carboxylic acids is 1. The lowest BCUT2D eigenvalue weighted by atomic mass is 10.2. The van der Waals surface area contributed by atoms with Crippen LogP contribution < -0.4 is 16.2 Å². The molecule has 0 radical (unpaired) electrons. The van der Waals surface area contributed by atoms with Crippen LogP contribution in [0, 0.1) is 11.3 Å². The summed E-state index contributed by atoms with van der Waals surface area (Å²) in [5, 5.41) is 9.85. The van der Waals surface area contributed by atoms with Gasteiger partial charge in [-0.05, 0) is 18.4 Å². The topological polar surface area (TPSA) is 115 Å². The van der Waals surface area contributed by atoms with Crippen molar-refractivity contribution in [3.8, 4) is 11.8 Å². The maximum atomic E-state index is 12.4. The Balaban J connectivity index is 2.12. The van der Waals surface area contributed by atoms with E-state index in [-0.39, 0.29) is 21.9 Å². The maximum Gasteiger partial charge on any atom is 0.355 e. The summed E-state index contributed by atoms with van der Waals surface area (Å²) in [4.78, 5) is 18.0. The van der Waals surface area contributed by atoms with Gasteiger partial charge >= 0.3 is 5.97 Å². The van der Waals surface area contributed by atoms with E-state index in [0.29, 0.717) is 20.9 Å². The predicted octanol–water partition coefficient (Wildman–Crippen LogP) is 3.27. The first-order chi connectivity index (χ1) is 11.6. The second kappa shape index (κ2) is 6.39. The largest absolute Gasteiger partial charge is 0.422 e. The third-order valence-corrected chi connectivity index (χ3v) is 5.21. The fourth-order valence-electron chi connectivity index (χ4n) is 2.24. The van der Waals surface area contributed by atoms with Crippen molar-refractivity contribution in [2.24, 2.45) is 0 Å². The number of benzene rings is 1. The number of para-hydroxylation sites is 1. The Labute approximate surface area is 146 Å². The number of hydrogen-bond acceptors (Lipinski definition) is 8. The average molecular weight is 356 g/mol. The van der Waals surface area contributed by atoms with Gasteiger partial charge in [-0.3, -0.25) is 0 Å². The lowest BCUT2D eigenvalue weighted by Crippen LogP contribution is -2.08. The molecule has 0 unspecified atom stereocenters. The number of fused-ring (bicyclic) bond motifs is 1. The molecule has 120 valence electrons. The molecular weight excluding hydrogens is 344 g/mol. The Morgan fingerprint density at radius 3 is 2.67 bits per heavy atom. The number of nitrogens with two attached hydrogens (primary N) is 2. The Morgan fingerprint density at radius 1 is 1.33 bits per heavy atom. The van der Waals surface area contributed by atoms with E-state index >= 15 is 0 Å². The molecule has 2 heterocycles. The van der Waals surface area contributed by atoms with Gasteiger partial charge in [0.05, 0.1) is 11.1 Å². The number of thioether (sulfide) groups is 1. The molecule has 0 saturated carbocycles. The summed E-state index contributed by atoms with van der Waals surface area (Å²) in [6.45, 7) is 0. The Bertz CT molecular complexity index is 977.